The third kappa shape index (κ3) is 4.86. The Hall–Kier alpha value is -3.62. The molecule has 30 heavy (non-hydrogen) atoms. The molecule has 0 spiro atoms. The van der Waals surface area contributed by atoms with E-state index in [2.05, 4.69) is 10.3 Å². The van der Waals surface area contributed by atoms with Gasteiger partial charge in [-0.1, -0.05) is 12.1 Å². The molecule has 0 fully saturated rings. The summed E-state index contributed by atoms with van der Waals surface area (Å²) in [5.41, 5.74) is 1.58. The molecule has 1 heterocycles. The number of para-hydroxylation sites is 1. The molecule has 0 bridgehead atoms. The van der Waals surface area contributed by atoms with E-state index in [-0.39, 0.29) is 16.8 Å². The molecule has 2 N–H and O–H groups in total. The maximum atomic E-state index is 12.7. The molecule has 1 atom stereocenters. The van der Waals surface area contributed by atoms with Crippen molar-refractivity contribution in [3.8, 4) is 5.75 Å². The predicted octanol–water partition coefficient (Wildman–Crippen LogP) is 1.97. The third-order valence-corrected chi connectivity index (χ3v) is 4.50. The van der Waals surface area contributed by atoms with E-state index >= 15 is 0 Å². The lowest BCUT2D eigenvalue weighted by Gasteiger charge is -2.13. The van der Waals surface area contributed by atoms with Crippen molar-refractivity contribution in [2.75, 3.05) is 20.8 Å². The topological polar surface area (TPSA) is 124 Å². The van der Waals surface area contributed by atoms with E-state index in [9.17, 15) is 19.2 Å². The van der Waals surface area contributed by atoms with Crippen LogP contribution in [0.15, 0.2) is 24.3 Å². The van der Waals surface area contributed by atoms with E-state index in [0.717, 1.165) is 0 Å². The highest BCUT2D eigenvalue weighted by Gasteiger charge is 2.27. The number of aromatic nitrogens is 1. The van der Waals surface area contributed by atoms with E-state index < -0.39 is 36.3 Å². The van der Waals surface area contributed by atoms with Crippen molar-refractivity contribution in [2.24, 2.45) is 0 Å². The molecule has 2 rings (SSSR count). The van der Waals surface area contributed by atoms with Gasteiger partial charge in [-0.2, -0.15) is 0 Å². The summed E-state index contributed by atoms with van der Waals surface area (Å²) in [6.07, 6.45) is -1.12. The zero-order valence-corrected chi connectivity index (χ0v) is 17.5. The first kappa shape index (κ1) is 22.7. The first-order valence-electron chi connectivity index (χ1n) is 9.13. The first-order valence-corrected chi connectivity index (χ1v) is 9.13. The fourth-order valence-corrected chi connectivity index (χ4v) is 2.98. The Morgan fingerprint density at radius 2 is 1.77 bits per heavy atom. The van der Waals surface area contributed by atoms with Gasteiger partial charge in [-0.3, -0.25) is 14.4 Å². The lowest BCUT2D eigenvalue weighted by atomic mass is 10.1. The summed E-state index contributed by atoms with van der Waals surface area (Å²) < 4.78 is 15.0. The van der Waals surface area contributed by atoms with Crippen LogP contribution in [0.2, 0.25) is 0 Å². The number of hydrogen-bond acceptors (Lipinski definition) is 7. The van der Waals surface area contributed by atoms with Gasteiger partial charge in [0.1, 0.15) is 12.3 Å². The second-order valence-corrected chi connectivity index (χ2v) is 6.50. The van der Waals surface area contributed by atoms with Crippen molar-refractivity contribution >= 4 is 23.6 Å². The van der Waals surface area contributed by atoms with Crippen LogP contribution in [-0.4, -0.2) is 55.5 Å². The van der Waals surface area contributed by atoms with Crippen LogP contribution < -0.4 is 10.1 Å². The summed E-state index contributed by atoms with van der Waals surface area (Å²) in [6, 6.07) is 6.56. The van der Waals surface area contributed by atoms with Crippen LogP contribution in [-0.2, 0) is 14.3 Å². The lowest BCUT2D eigenvalue weighted by molar-refractivity contribution is -0.145. The minimum atomic E-state index is -1.12. The Morgan fingerprint density at radius 3 is 2.40 bits per heavy atom. The highest BCUT2D eigenvalue weighted by molar-refractivity contribution is 6.04. The standard InChI is InChI=1S/C21H24N2O7/c1-11-17(21(27)29-5)12(2)23-18(11)19(25)13(3)30-16(24)10-22-20(26)14-8-6-7-9-15(14)28-4/h6-9,13,23H,10H2,1-5H3,(H,22,26)/t13-/m1/s1. The zero-order valence-electron chi connectivity index (χ0n) is 17.5. The Labute approximate surface area is 173 Å². The summed E-state index contributed by atoms with van der Waals surface area (Å²) in [7, 11) is 2.68. The van der Waals surface area contributed by atoms with Gasteiger partial charge < -0.3 is 24.5 Å². The molecule has 1 aromatic carbocycles. The molecule has 9 heteroatoms. The molecule has 0 saturated heterocycles. The minimum absolute atomic E-state index is 0.159. The number of ether oxygens (including phenoxy) is 3. The van der Waals surface area contributed by atoms with Gasteiger partial charge in [0.25, 0.3) is 5.91 Å². The molecule has 1 aromatic heterocycles. The maximum absolute atomic E-state index is 12.7. The summed E-state index contributed by atoms with van der Waals surface area (Å²) in [5.74, 6) is -2.00. The quantitative estimate of drug-likeness (QED) is 0.498. The molecule has 0 aliphatic carbocycles. The summed E-state index contributed by atoms with van der Waals surface area (Å²) >= 11 is 0. The van der Waals surface area contributed by atoms with E-state index in [1.165, 1.54) is 21.1 Å². The zero-order chi connectivity index (χ0) is 22.4. The van der Waals surface area contributed by atoms with Crippen LogP contribution in [0.5, 0.6) is 5.75 Å². The lowest BCUT2D eigenvalue weighted by Crippen LogP contribution is -2.34. The van der Waals surface area contributed by atoms with Gasteiger partial charge in [0, 0.05) is 5.69 Å². The number of nitrogens with one attached hydrogen (secondary N) is 2. The number of ketones is 1. The number of Topliss-reactive ketones (excluding diaryl/α,β-unsaturated/α-hetero) is 1. The largest absolute Gasteiger partial charge is 0.496 e. The van der Waals surface area contributed by atoms with Crippen molar-refractivity contribution in [1.29, 1.82) is 0 Å². The van der Waals surface area contributed by atoms with Crippen LogP contribution in [0.4, 0.5) is 0 Å². The van der Waals surface area contributed by atoms with E-state index in [1.54, 1.807) is 38.1 Å². The van der Waals surface area contributed by atoms with Crippen LogP contribution in [0.25, 0.3) is 0 Å². The number of amides is 1. The number of H-pyrrole nitrogens is 1. The Balaban J connectivity index is 2.00. The average Bonchev–Trinajstić information content (AvgIpc) is 3.04. The van der Waals surface area contributed by atoms with E-state index in [0.29, 0.717) is 17.0 Å². The van der Waals surface area contributed by atoms with Gasteiger partial charge >= 0.3 is 11.9 Å². The molecule has 9 nitrogen and oxygen atoms in total. The fraction of sp³-hybridized carbons (Fsp3) is 0.333. The first-order chi connectivity index (χ1) is 14.2. The number of methoxy groups -OCH3 is 2. The van der Waals surface area contributed by atoms with Crippen molar-refractivity contribution < 1.29 is 33.4 Å². The number of hydrogen-bond donors (Lipinski definition) is 2. The number of rotatable bonds is 8. The van der Waals surface area contributed by atoms with Gasteiger partial charge in [0.2, 0.25) is 5.78 Å². The molecule has 0 saturated carbocycles. The van der Waals surface area contributed by atoms with Crippen LogP contribution in [0.3, 0.4) is 0 Å². The normalized spacial score (nSPS) is 11.4. The number of esters is 2. The molecule has 0 radical (unpaired) electrons. The van der Waals surface area contributed by atoms with Gasteiger partial charge in [-0.15, -0.1) is 0 Å². The number of carbonyl (C=O) groups is 4. The smallest absolute Gasteiger partial charge is 0.339 e. The number of aromatic amines is 1. The fourth-order valence-electron chi connectivity index (χ4n) is 2.98. The number of carbonyl (C=O) groups excluding carboxylic acids is 4. The average molecular weight is 416 g/mol. The van der Waals surface area contributed by atoms with Gasteiger partial charge in [0.05, 0.1) is 31.0 Å². The maximum Gasteiger partial charge on any atom is 0.339 e. The Kier molecular flexibility index (Phi) is 7.35. The number of benzene rings is 1. The Bertz CT molecular complexity index is 978. The van der Waals surface area contributed by atoms with Crippen molar-refractivity contribution in [3.05, 3.63) is 52.3 Å². The molecule has 160 valence electrons. The predicted molar refractivity (Wildman–Crippen MR) is 107 cm³/mol. The molecule has 0 aliphatic heterocycles. The van der Waals surface area contributed by atoms with Crippen molar-refractivity contribution in [2.45, 2.75) is 26.9 Å². The van der Waals surface area contributed by atoms with Crippen molar-refractivity contribution in [3.63, 3.8) is 0 Å². The summed E-state index contributed by atoms with van der Waals surface area (Å²) in [5, 5.41) is 2.43. The van der Waals surface area contributed by atoms with Crippen LogP contribution in [0.1, 0.15) is 49.4 Å². The summed E-state index contributed by atoms with van der Waals surface area (Å²) in [4.78, 5) is 51.7. The second-order valence-electron chi connectivity index (χ2n) is 6.50. The van der Waals surface area contributed by atoms with Gasteiger partial charge in [-0.05, 0) is 38.5 Å². The SMILES string of the molecule is COC(=O)c1c(C)[nH]c(C(=O)[C@@H](C)OC(=O)CNC(=O)c2ccccc2OC)c1C. The van der Waals surface area contributed by atoms with Crippen molar-refractivity contribution in [1.82, 2.24) is 10.3 Å². The summed E-state index contributed by atoms with van der Waals surface area (Å²) in [6.45, 7) is 4.23. The van der Waals surface area contributed by atoms with E-state index in [1.807, 2.05) is 0 Å². The Morgan fingerprint density at radius 1 is 1.10 bits per heavy atom. The highest BCUT2D eigenvalue weighted by atomic mass is 16.5. The molecular formula is C21H24N2O7. The van der Waals surface area contributed by atoms with Crippen LogP contribution >= 0.6 is 0 Å². The van der Waals surface area contributed by atoms with Crippen LogP contribution in [0, 0.1) is 13.8 Å². The molecule has 0 unspecified atom stereocenters. The number of aryl methyl sites for hydroxylation is 1. The van der Waals surface area contributed by atoms with E-state index in [4.69, 9.17) is 14.2 Å². The van der Waals surface area contributed by atoms with Gasteiger partial charge in [0.15, 0.2) is 6.10 Å². The highest BCUT2D eigenvalue weighted by Crippen LogP contribution is 2.21. The third-order valence-electron chi connectivity index (χ3n) is 4.50. The molecule has 0 aliphatic rings. The molecule has 2 aromatic rings. The molecule has 1 amide bonds. The molecular weight excluding hydrogens is 392 g/mol. The minimum Gasteiger partial charge on any atom is -0.496 e. The monoisotopic (exact) mass is 416 g/mol. The second kappa shape index (κ2) is 9.73. The van der Waals surface area contributed by atoms with Gasteiger partial charge in [-0.25, -0.2) is 4.79 Å².